The number of carbonyl (C=O) groups excluding carboxylic acids is 1. The van der Waals surface area contributed by atoms with Crippen molar-refractivity contribution in [3.8, 4) is 16.9 Å². The van der Waals surface area contributed by atoms with Crippen LogP contribution < -0.4 is 4.90 Å². The van der Waals surface area contributed by atoms with Crippen molar-refractivity contribution in [2.45, 2.75) is 13.3 Å². The van der Waals surface area contributed by atoms with Crippen LogP contribution in [0.25, 0.3) is 28.0 Å². The summed E-state index contributed by atoms with van der Waals surface area (Å²) in [6, 6.07) is 19.9. The number of anilines is 1. The summed E-state index contributed by atoms with van der Waals surface area (Å²) >= 11 is 0. The van der Waals surface area contributed by atoms with Crippen LogP contribution in [-0.4, -0.2) is 43.0 Å². The highest BCUT2D eigenvalue weighted by atomic mass is 16.2. The zero-order valence-corrected chi connectivity index (χ0v) is 19.7. The molecule has 8 nitrogen and oxygen atoms in total. The summed E-state index contributed by atoms with van der Waals surface area (Å²) in [7, 11) is 3.65. The van der Waals surface area contributed by atoms with Crippen molar-refractivity contribution >= 4 is 34.2 Å². The van der Waals surface area contributed by atoms with Gasteiger partial charge in [-0.05, 0) is 30.7 Å². The summed E-state index contributed by atoms with van der Waals surface area (Å²) in [5, 5.41) is 4.70. The minimum Gasteiger partial charge on any atom is -0.310 e. The zero-order chi connectivity index (χ0) is 24.1. The molecule has 0 N–H and O–H groups in total. The molecule has 0 aliphatic carbocycles. The van der Waals surface area contributed by atoms with E-state index in [1.165, 1.54) is 0 Å². The van der Waals surface area contributed by atoms with Crippen molar-refractivity contribution in [3.05, 3.63) is 84.4 Å². The Bertz CT molecular complexity index is 1610. The number of pyridine rings is 1. The monoisotopic (exact) mass is 461 g/mol. The summed E-state index contributed by atoms with van der Waals surface area (Å²) in [5.74, 6) is 1.53. The molecule has 1 aliphatic rings. The van der Waals surface area contributed by atoms with Gasteiger partial charge in [-0.15, -0.1) is 0 Å². The number of amides is 1. The molecule has 2 aromatic carbocycles. The Balaban J connectivity index is 1.43. The number of carbonyl (C=O) groups is 1. The molecule has 172 valence electrons. The minimum absolute atomic E-state index is 0.0271. The molecule has 6 rings (SSSR count). The highest BCUT2D eigenvalue weighted by Gasteiger charge is 2.29. The van der Waals surface area contributed by atoms with E-state index in [2.05, 4.69) is 14.5 Å². The summed E-state index contributed by atoms with van der Waals surface area (Å²) in [5.41, 5.74) is 6.88. The average Bonchev–Trinajstić information content (AvgIpc) is 3.35. The lowest BCUT2D eigenvalue weighted by Gasteiger charge is -2.16. The van der Waals surface area contributed by atoms with E-state index >= 15 is 0 Å². The van der Waals surface area contributed by atoms with Gasteiger partial charge in [-0.3, -0.25) is 14.3 Å². The Labute approximate surface area is 202 Å². The molecular weight excluding hydrogens is 438 g/mol. The predicted molar refractivity (Wildman–Crippen MR) is 136 cm³/mol. The van der Waals surface area contributed by atoms with E-state index in [4.69, 9.17) is 10.1 Å². The molecule has 35 heavy (non-hydrogen) atoms. The maximum atomic E-state index is 13.2. The summed E-state index contributed by atoms with van der Waals surface area (Å²) in [6.45, 7) is 1.98. The Morgan fingerprint density at radius 3 is 2.46 bits per heavy atom. The lowest BCUT2D eigenvalue weighted by molar-refractivity contribution is -0.117. The van der Waals surface area contributed by atoms with Crippen LogP contribution in [-0.2, 0) is 11.8 Å². The number of rotatable bonds is 3. The first-order valence-corrected chi connectivity index (χ1v) is 11.4. The van der Waals surface area contributed by atoms with Gasteiger partial charge in [-0.1, -0.05) is 42.5 Å². The predicted octanol–water partition coefficient (Wildman–Crippen LogP) is 4.62. The first kappa shape index (κ1) is 21.0. The van der Waals surface area contributed by atoms with Gasteiger partial charge in [0.15, 0.2) is 5.82 Å². The van der Waals surface area contributed by atoms with E-state index in [9.17, 15) is 4.79 Å². The van der Waals surface area contributed by atoms with Crippen LogP contribution in [0, 0.1) is 6.92 Å². The van der Waals surface area contributed by atoms with Gasteiger partial charge in [0.2, 0.25) is 5.91 Å². The van der Waals surface area contributed by atoms with Gasteiger partial charge >= 0.3 is 0 Å². The minimum atomic E-state index is -0.0271. The third-order valence-corrected chi connectivity index (χ3v) is 6.39. The van der Waals surface area contributed by atoms with Crippen molar-refractivity contribution in [1.29, 1.82) is 0 Å². The topological polar surface area (TPSA) is 81.2 Å². The normalized spacial score (nSPS) is 13.6. The first-order valence-electron chi connectivity index (χ1n) is 11.4. The molecule has 5 aromatic rings. The lowest BCUT2D eigenvalue weighted by Crippen LogP contribution is -2.27. The van der Waals surface area contributed by atoms with Crippen molar-refractivity contribution in [2.75, 3.05) is 11.9 Å². The molecule has 4 heterocycles. The van der Waals surface area contributed by atoms with Gasteiger partial charge in [0.05, 0.1) is 23.8 Å². The lowest BCUT2D eigenvalue weighted by atomic mass is 10.1. The van der Waals surface area contributed by atoms with E-state index < -0.39 is 0 Å². The van der Waals surface area contributed by atoms with Crippen LogP contribution in [0.4, 0.5) is 11.5 Å². The molecule has 1 aliphatic heterocycles. The second-order valence-electron chi connectivity index (χ2n) is 8.60. The number of aryl methyl sites for hydroxylation is 2. The summed E-state index contributed by atoms with van der Waals surface area (Å²) in [6.07, 6.45) is 3.74. The van der Waals surface area contributed by atoms with Gasteiger partial charge in [-0.2, -0.15) is 5.10 Å². The number of benzene rings is 2. The van der Waals surface area contributed by atoms with Gasteiger partial charge in [0.25, 0.3) is 0 Å². The molecule has 0 atom stereocenters. The molecule has 0 bridgehead atoms. The number of fused-ring (bicyclic) bond motifs is 2. The Morgan fingerprint density at radius 1 is 0.914 bits per heavy atom. The van der Waals surface area contributed by atoms with Gasteiger partial charge < -0.3 is 4.90 Å². The number of hydrogen-bond donors (Lipinski definition) is 0. The number of imidazole rings is 1. The van der Waals surface area contributed by atoms with Crippen LogP contribution in [0.1, 0.15) is 17.8 Å². The standard InChI is InChI=1S/C27H23N7O/c1-17-29-22-16-28-14-13-23(22)34(17)20-11-9-18(10-12-20)21-15-24(35)32(2)26-25(19-7-5-4-6-8-19)31-33(3)27(26)30-21/h4-14,16H,15H2,1-3H3. The van der Waals surface area contributed by atoms with Crippen molar-refractivity contribution in [2.24, 2.45) is 12.0 Å². The van der Waals surface area contributed by atoms with Crippen LogP contribution >= 0.6 is 0 Å². The van der Waals surface area contributed by atoms with E-state index in [0.717, 1.165) is 45.1 Å². The largest absolute Gasteiger partial charge is 0.310 e. The van der Waals surface area contributed by atoms with E-state index in [1.807, 2.05) is 74.6 Å². The molecule has 0 saturated heterocycles. The Hall–Kier alpha value is -4.59. The van der Waals surface area contributed by atoms with E-state index in [0.29, 0.717) is 11.5 Å². The molecule has 3 aromatic heterocycles. The van der Waals surface area contributed by atoms with E-state index in [-0.39, 0.29) is 12.3 Å². The third kappa shape index (κ3) is 3.42. The summed E-state index contributed by atoms with van der Waals surface area (Å²) in [4.78, 5) is 28.6. The Morgan fingerprint density at radius 2 is 1.69 bits per heavy atom. The molecule has 0 radical (unpaired) electrons. The molecule has 0 saturated carbocycles. The highest BCUT2D eigenvalue weighted by Crippen LogP contribution is 2.40. The second-order valence-corrected chi connectivity index (χ2v) is 8.60. The van der Waals surface area contributed by atoms with Crippen molar-refractivity contribution < 1.29 is 4.79 Å². The average molecular weight is 462 g/mol. The molecular formula is C27H23N7O. The third-order valence-electron chi connectivity index (χ3n) is 6.39. The molecule has 8 heteroatoms. The van der Waals surface area contributed by atoms with Crippen LogP contribution in [0.3, 0.4) is 0 Å². The van der Waals surface area contributed by atoms with Crippen LogP contribution in [0.2, 0.25) is 0 Å². The van der Waals surface area contributed by atoms with Gasteiger partial charge in [0, 0.05) is 31.5 Å². The first-order chi connectivity index (χ1) is 17.0. The molecule has 0 unspecified atom stereocenters. The maximum Gasteiger partial charge on any atom is 0.232 e. The smallest absolute Gasteiger partial charge is 0.232 e. The fourth-order valence-corrected chi connectivity index (χ4v) is 4.63. The fraction of sp³-hybridized carbons (Fsp3) is 0.148. The molecule has 0 spiro atoms. The van der Waals surface area contributed by atoms with Crippen LogP contribution in [0.5, 0.6) is 0 Å². The fourth-order valence-electron chi connectivity index (χ4n) is 4.63. The Kier molecular flexibility index (Phi) is 4.81. The van der Waals surface area contributed by atoms with Gasteiger partial charge in [0.1, 0.15) is 22.7 Å². The second kappa shape index (κ2) is 8.02. The molecule has 0 fully saturated rings. The van der Waals surface area contributed by atoms with Crippen LogP contribution in [0.15, 0.2) is 78.0 Å². The highest BCUT2D eigenvalue weighted by molar-refractivity contribution is 6.18. The number of hydrogen-bond acceptors (Lipinski definition) is 5. The van der Waals surface area contributed by atoms with Crippen molar-refractivity contribution in [1.82, 2.24) is 24.3 Å². The SMILES string of the molecule is Cc1nc2cnccc2n1-c1ccc(C2=Nc3c(c(-c4ccccc4)nn3C)N(C)C(=O)C2)cc1. The maximum absolute atomic E-state index is 13.2. The number of nitrogens with zero attached hydrogens (tertiary/aromatic N) is 7. The quantitative estimate of drug-likeness (QED) is 0.393. The van der Waals surface area contributed by atoms with E-state index in [1.54, 1.807) is 29.0 Å². The summed E-state index contributed by atoms with van der Waals surface area (Å²) < 4.78 is 3.84. The zero-order valence-electron chi connectivity index (χ0n) is 19.7. The van der Waals surface area contributed by atoms with Crippen molar-refractivity contribution in [3.63, 3.8) is 0 Å². The number of aliphatic imine (C=N–C) groups is 1. The number of aromatic nitrogens is 5. The van der Waals surface area contributed by atoms with Gasteiger partial charge in [-0.25, -0.2) is 14.7 Å². The molecule has 1 amide bonds.